The second-order valence-electron chi connectivity index (χ2n) is 6.00. The topological polar surface area (TPSA) is 79.8 Å². The molecular weight excluding hydrogens is 330 g/mol. The second-order valence-corrected chi connectivity index (χ2v) is 6.00. The van der Waals surface area contributed by atoms with Crippen molar-refractivity contribution in [2.45, 2.75) is 32.9 Å². The van der Waals surface area contributed by atoms with Crippen LogP contribution in [-0.4, -0.2) is 24.1 Å². The molecule has 2 amide bonds. The first-order chi connectivity index (χ1) is 12.5. The molecule has 0 atom stereocenters. The number of carbonyl (C=O) groups excluding carboxylic acids is 2. The minimum absolute atomic E-state index is 0.00700. The van der Waals surface area contributed by atoms with Crippen molar-refractivity contribution in [3.63, 3.8) is 0 Å². The van der Waals surface area contributed by atoms with Crippen LogP contribution in [-0.2, 0) is 16.2 Å². The molecule has 0 bridgehead atoms. The van der Waals surface area contributed by atoms with E-state index in [0.29, 0.717) is 12.4 Å². The third kappa shape index (κ3) is 6.76. The summed E-state index contributed by atoms with van der Waals surface area (Å²) in [5, 5.41) is 6.56. The lowest BCUT2D eigenvalue weighted by Gasteiger charge is -2.09. The van der Waals surface area contributed by atoms with Gasteiger partial charge in [-0.05, 0) is 31.5 Å². The number of amides is 2. The Labute approximate surface area is 153 Å². The van der Waals surface area contributed by atoms with Gasteiger partial charge in [-0.2, -0.15) is 5.10 Å². The lowest BCUT2D eigenvalue weighted by Crippen LogP contribution is -2.34. The number of carbonyl (C=O) groups is 2. The number of ether oxygens (including phenoxy) is 1. The third-order valence-electron chi connectivity index (χ3n) is 3.32. The van der Waals surface area contributed by atoms with Crippen LogP contribution < -0.4 is 15.5 Å². The standard InChI is InChI=1S/C20H23N3O3/c1-15(2)22-19(24)12-20(25)23-21-13-17-10-6-7-11-18(17)26-14-16-8-4-3-5-9-16/h3-11,13,15H,12,14H2,1-2H3,(H,22,24)(H,23,25)/b21-13-. The van der Waals surface area contributed by atoms with Gasteiger partial charge in [-0.1, -0.05) is 42.5 Å². The van der Waals surface area contributed by atoms with Gasteiger partial charge in [-0.15, -0.1) is 0 Å². The number of benzene rings is 2. The van der Waals surface area contributed by atoms with E-state index in [1.54, 1.807) is 0 Å². The summed E-state index contributed by atoms with van der Waals surface area (Å²) in [5.41, 5.74) is 4.14. The average Bonchev–Trinajstić information content (AvgIpc) is 2.61. The quantitative estimate of drug-likeness (QED) is 0.435. The van der Waals surface area contributed by atoms with E-state index in [1.165, 1.54) is 6.21 Å². The molecule has 0 aliphatic heterocycles. The molecule has 6 heteroatoms. The minimum Gasteiger partial charge on any atom is -0.488 e. The molecule has 0 fully saturated rings. The number of hydrogen-bond acceptors (Lipinski definition) is 4. The van der Waals surface area contributed by atoms with Gasteiger partial charge in [0.05, 0.1) is 6.21 Å². The van der Waals surface area contributed by atoms with Gasteiger partial charge in [0.25, 0.3) is 0 Å². The van der Waals surface area contributed by atoms with Crippen molar-refractivity contribution in [2.75, 3.05) is 0 Å². The summed E-state index contributed by atoms with van der Waals surface area (Å²) in [4.78, 5) is 23.2. The molecule has 0 saturated carbocycles. The molecule has 6 nitrogen and oxygen atoms in total. The van der Waals surface area contributed by atoms with Crippen LogP contribution in [0.1, 0.15) is 31.4 Å². The van der Waals surface area contributed by atoms with E-state index in [0.717, 1.165) is 11.1 Å². The molecule has 0 aromatic heterocycles. The van der Waals surface area contributed by atoms with E-state index in [-0.39, 0.29) is 18.4 Å². The Morgan fingerprint density at radius 1 is 1.04 bits per heavy atom. The van der Waals surface area contributed by atoms with Gasteiger partial charge in [0.2, 0.25) is 11.8 Å². The second kappa shape index (κ2) is 9.98. The predicted molar refractivity (Wildman–Crippen MR) is 101 cm³/mol. The molecule has 0 spiro atoms. The van der Waals surface area contributed by atoms with E-state index < -0.39 is 5.91 Å². The Hall–Kier alpha value is -3.15. The molecule has 26 heavy (non-hydrogen) atoms. The summed E-state index contributed by atoms with van der Waals surface area (Å²) in [6.07, 6.45) is 1.24. The predicted octanol–water partition coefficient (Wildman–Crippen LogP) is 2.63. The van der Waals surface area contributed by atoms with Gasteiger partial charge < -0.3 is 10.1 Å². The van der Waals surface area contributed by atoms with E-state index in [4.69, 9.17) is 4.74 Å². The van der Waals surface area contributed by atoms with E-state index in [1.807, 2.05) is 68.4 Å². The Kier molecular flexibility index (Phi) is 7.36. The Morgan fingerprint density at radius 3 is 2.46 bits per heavy atom. The molecule has 2 aromatic rings. The first-order valence-electron chi connectivity index (χ1n) is 8.41. The monoisotopic (exact) mass is 353 g/mol. The first kappa shape index (κ1) is 19.2. The fourth-order valence-corrected chi connectivity index (χ4v) is 2.19. The highest BCUT2D eigenvalue weighted by Crippen LogP contribution is 2.17. The Bertz CT molecular complexity index is 758. The van der Waals surface area contributed by atoms with Gasteiger partial charge in [-0.3, -0.25) is 9.59 Å². The summed E-state index contributed by atoms with van der Waals surface area (Å²) >= 11 is 0. The van der Waals surface area contributed by atoms with Crippen molar-refractivity contribution in [1.29, 1.82) is 0 Å². The lowest BCUT2D eigenvalue weighted by molar-refractivity contribution is -0.129. The normalized spacial score (nSPS) is 10.7. The van der Waals surface area contributed by atoms with Crippen molar-refractivity contribution < 1.29 is 14.3 Å². The zero-order valence-electron chi connectivity index (χ0n) is 14.9. The lowest BCUT2D eigenvalue weighted by atomic mass is 10.2. The van der Waals surface area contributed by atoms with Gasteiger partial charge in [0.15, 0.2) is 0 Å². The van der Waals surface area contributed by atoms with Crippen molar-refractivity contribution in [2.24, 2.45) is 5.10 Å². The van der Waals surface area contributed by atoms with Crippen LogP contribution in [0.5, 0.6) is 5.75 Å². The average molecular weight is 353 g/mol. The van der Waals surface area contributed by atoms with Crippen LogP contribution in [0.4, 0.5) is 0 Å². The third-order valence-corrected chi connectivity index (χ3v) is 3.32. The van der Waals surface area contributed by atoms with Gasteiger partial charge in [0.1, 0.15) is 18.8 Å². The summed E-state index contributed by atoms with van der Waals surface area (Å²) < 4.78 is 5.82. The zero-order valence-corrected chi connectivity index (χ0v) is 14.9. The molecule has 0 unspecified atom stereocenters. The Balaban J connectivity index is 1.89. The molecule has 0 heterocycles. The fraction of sp³-hybridized carbons (Fsp3) is 0.250. The van der Waals surface area contributed by atoms with Crippen molar-refractivity contribution in [3.8, 4) is 5.75 Å². The number of hydrogen-bond donors (Lipinski definition) is 2. The van der Waals surface area contributed by atoms with Crippen LogP contribution in [0.15, 0.2) is 59.7 Å². The SMILES string of the molecule is CC(C)NC(=O)CC(=O)N/N=C\c1ccccc1OCc1ccccc1. The maximum Gasteiger partial charge on any atom is 0.249 e. The van der Waals surface area contributed by atoms with Crippen LogP contribution in [0.25, 0.3) is 0 Å². The van der Waals surface area contributed by atoms with Gasteiger partial charge >= 0.3 is 0 Å². The molecule has 0 radical (unpaired) electrons. The molecule has 2 N–H and O–H groups in total. The Morgan fingerprint density at radius 2 is 1.73 bits per heavy atom. The van der Waals surface area contributed by atoms with Crippen molar-refractivity contribution in [1.82, 2.24) is 10.7 Å². The molecule has 0 saturated heterocycles. The maximum absolute atomic E-state index is 11.7. The van der Waals surface area contributed by atoms with Crippen LogP contribution >= 0.6 is 0 Å². The largest absolute Gasteiger partial charge is 0.488 e. The number of para-hydroxylation sites is 1. The molecule has 136 valence electrons. The molecule has 2 rings (SSSR count). The highest BCUT2D eigenvalue weighted by Gasteiger charge is 2.09. The number of nitrogens with zero attached hydrogens (tertiary/aromatic N) is 1. The summed E-state index contributed by atoms with van der Waals surface area (Å²) in [7, 11) is 0. The van der Waals surface area contributed by atoms with Crippen molar-refractivity contribution in [3.05, 3.63) is 65.7 Å². The highest BCUT2D eigenvalue weighted by atomic mass is 16.5. The number of rotatable bonds is 8. The number of nitrogens with one attached hydrogen (secondary N) is 2. The summed E-state index contributed by atoms with van der Waals surface area (Å²) in [6, 6.07) is 17.2. The molecular formula is C20H23N3O3. The van der Waals surface area contributed by atoms with E-state index >= 15 is 0 Å². The molecule has 0 aliphatic carbocycles. The van der Waals surface area contributed by atoms with Crippen molar-refractivity contribution >= 4 is 18.0 Å². The van der Waals surface area contributed by atoms with Crippen LogP contribution in [0.2, 0.25) is 0 Å². The van der Waals surface area contributed by atoms with Gasteiger partial charge in [-0.25, -0.2) is 5.43 Å². The zero-order chi connectivity index (χ0) is 18.8. The minimum atomic E-state index is -0.470. The first-order valence-corrected chi connectivity index (χ1v) is 8.41. The summed E-state index contributed by atoms with van der Waals surface area (Å²) in [6.45, 7) is 4.11. The molecule has 2 aromatic carbocycles. The summed E-state index contributed by atoms with van der Waals surface area (Å²) in [5.74, 6) is -0.145. The number of hydrazone groups is 1. The van der Waals surface area contributed by atoms with Crippen LogP contribution in [0.3, 0.4) is 0 Å². The smallest absolute Gasteiger partial charge is 0.249 e. The van der Waals surface area contributed by atoms with Crippen LogP contribution in [0, 0.1) is 0 Å². The molecule has 0 aliphatic rings. The van der Waals surface area contributed by atoms with Gasteiger partial charge in [0, 0.05) is 11.6 Å². The van der Waals surface area contributed by atoms with E-state index in [2.05, 4.69) is 15.8 Å². The maximum atomic E-state index is 11.7. The fourth-order valence-electron chi connectivity index (χ4n) is 2.19. The van der Waals surface area contributed by atoms with E-state index in [9.17, 15) is 9.59 Å². The highest BCUT2D eigenvalue weighted by molar-refractivity contribution is 5.97.